The van der Waals surface area contributed by atoms with Crippen LogP contribution in [0, 0.1) is 6.92 Å². The molecule has 0 aliphatic carbocycles. The molecule has 0 radical (unpaired) electrons. The average Bonchev–Trinajstić information content (AvgIpc) is 2.69. The van der Waals surface area contributed by atoms with Crippen molar-refractivity contribution in [3.63, 3.8) is 0 Å². The summed E-state index contributed by atoms with van der Waals surface area (Å²) in [6, 6.07) is 8.68. The van der Waals surface area contributed by atoms with E-state index >= 15 is 0 Å². The lowest BCUT2D eigenvalue weighted by Crippen LogP contribution is -1.86. The van der Waals surface area contributed by atoms with E-state index in [0.29, 0.717) is 0 Å². The van der Waals surface area contributed by atoms with Crippen molar-refractivity contribution in [2.45, 2.75) is 26.7 Å². The van der Waals surface area contributed by atoms with Gasteiger partial charge in [0.15, 0.2) is 0 Å². The number of aryl methyl sites for hydroxylation is 2. The molecule has 1 aromatic carbocycles. The third-order valence-corrected chi connectivity index (χ3v) is 3.57. The number of hydrogen-bond acceptors (Lipinski definition) is 2. The Labute approximate surface area is 94.8 Å². The molecular weight excluding hydrogens is 202 g/mol. The summed E-state index contributed by atoms with van der Waals surface area (Å²) in [6.07, 6.45) is 4.05. The second kappa shape index (κ2) is 4.58. The maximum absolute atomic E-state index is 4.42. The van der Waals surface area contributed by atoms with Gasteiger partial charge in [-0.2, -0.15) is 0 Å². The van der Waals surface area contributed by atoms with Gasteiger partial charge in [0.1, 0.15) is 0 Å². The van der Waals surface area contributed by atoms with E-state index in [4.69, 9.17) is 0 Å². The number of hydrogen-bond donors (Lipinski definition) is 0. The zero-order valence-electron chi connectivity index (χ0n) is 9.16. The predicted octanol–water partition coefficient (Wildman–Crippen LogP) is 3.60. The van der Waals surface area contributed by atoms with Gasteiger partial charge in [0.25, 0.3) is 0 Å². The molecular formula is C13H15NS. The fourth-order valence-corrected chi connectivity index (χ4v) is 2.37. The highest BCUT2D eigenvalue weighted by atomic mass is 32.1. The summed E-state index contributed by atoms with van der Waals surface area (Å²) in [7, 11) is 0. The van der Waals surface area contributed by atoms with Crippen molar-refractivity contribution in [1.29, 1.82) is 0 Å². The zero-order valence-corrected chi connectivity index (χ0v) is 9.97. The standard InChI is InChI=1S/C13H15NS/c1-3-12-9-14-13(15-12)8-11-6-4-10(2)5-7-11/h4-7,9H,3,8H2,1-2H3. The Kier molecular flexibility index (Phi) is 3.17. The van der Waals surface area contributed by atoms with E-state index in [1.54, 1.807) is 0 Å². The van der Waals surface area contributed by atoms with Crippen LogP contribution in [0.1, 0.15) is 27.9 Å². The van der Waals surface area contributed by atoms with Gasteiger partial charge in [-0.15, -0.1) is 11.3 Å². The molecule has 0 N–H and O–H groups in total. The molecule has 1 heterocycles. The largest absolute Gasteiger partial charge is 0.249 e. The lowest BCUT2D eigenvalue weighted by Gasteiger charge is -1.98. The summed E-state index contributed by atoms with van der Waals surface area (Å²) in [4.78, 5) is 5.80. The second-order valence-electron chi connectivity index (χ2n) is 3.74. The molecule has 78 valence electrons. The summed E-state index contributed by atoms with van der Waals surface area (Å²) >= 11 is 1.82. The molecule has 15 heavy (non-hydrogen) atoms. The van der Waals surface area contributed by atoms with Crippen LogP contribution >= 0.6 is 11.3 Å². The molecule has 0 unspecified atom stereocenters. The number of thiazole rings is 1. The smallest absolute Gasteiger partial charge is 0.0971 e. The minimum absolute atomic E-state index is 0.963. The Morgan fingerprint density at radius 3 is 2.53 bits per heavy atom. The van der Waals surface area contributed by atoms with E-state index in [2.05, 4.69) is 43.1 Å². The molecule has 0 bridgehead atoms. The Balaban J connectivity index is 2.11. The highest BCUT2D eigenvalue weighted by Gasteiger charge is 2.01. The van der Waals surface area contributed by atoms with Crippen LogP contribution in [0.25, 0.3) is 0 Å². The number of aromatic nitrogens is 1. The highest BCUT2D eigenvalue weighted by Crippen LogP contribution is 2.17. The van der Waals surface area contributed by atoms with Crippen molar-refractivity contribution >= 4 is 11.3 Å². The van der Waals surface area contributed by atoms with Gasteiger partial charge in [-0.1, -0.05) is 36.8 Å². The van der Waals surface area contributed by atoms with Crippen LogP contribution in [0.4, 0.5) is 0 Å². The molecule has 0 aliphatic rings. The fraction of sp³-hybridized carbons (Fsp3) is 0.308. The van der Waals surface area contributed by atoms with Crippen molar-refractivity contribution in [3.05, 3.63) is 51.5 Å². The molecule has 0 atom stereocenters. The third-order valence-electron chi connectivity index (χ3n) is 2.43. The molecule has 0 fully saturated rings. The quantitative estimate of drug-likeness (QED) is 0.765. The molecule has 1 aromatic heterocycles. The van der Waals surface area contributed by atoms with Gasteiger partial charge >= 0.3 is 0 Å². The predicted molar refractivity (Wildman–Crippen MR) is 65.5 cm³/mol. The van der Waals surface area contributed by atoms with Crippen LogP contribution in [0.3, 0.4) is 0 Å². The van der Waals surface area contributed by atoms with Crippen molar-refractivity contribution < 1.29 is 0 Å². The van der Waals surface area contributed by atoms with Gasteiger partial charge in [-0.05, 0) is 18.9 Å². The molecule has 0 saturated heterocycles. The topological polar surface area (TPSA) is 12.9 Å². The summed E-state index contributed by atoms with van der Waals surface area (Å²) in [5.74, 6) is 0. The highest BCUT2D eigenvalue weighted by molar-refractivity contribution is 7.11. The van der Waals surface area contributed by atoms with E-state index in [9.17, 15) is 0 Å². The Hall–Kier alpha value is -1.15. The molecule has 0 aliphatic heterocycles. The first-order valence-electron chi connectivity index (χ1n) is 5.27. The van der Waals surface area contributed by atoms with Crippen LogP contribution in [-0.4, -0.2) is 4.98 Å². The fourth-order valence-electron chi connectivity index (χ4n) is 1.47. The first-order valence-corrected chi connectivity index (χ1v) is 6.08. The van der Waals surface area contributed by atoms with Crippen molar-refractivity contribution in [2.75, 3.05) is 0 Å². The van der Waals surface area contributed by atoms with Gasteiger partial charge in [-0.3, -0.25) is 0 Å². The molecule has 0 saturated carbocycles. The molecule has 0 amide bonds. The Morgan fingerprint density at radius 2 is 1.93 bits per heavy atom. The first kappa shape index (κ1) is 10.4. The first-order chi connectivity index (χ1) is 7.28. The third kappa shape index (κ3) is 2.66. The lowest BCUT2D eigenvalue weighted by molar-refractivity contribution is 1.12. The summed E-state index contributed by atoms with van der Waals surface area (Å²) in [5, 5.41) is 1.22. The van der Waals surface area contributed by atoms with E-state index in [0.717, 1.165) is 12.8 Å². The van der Waals surface area contributed by atoms with E-state index in [1.807, 2.05) is 17.5 Å². The van der Waals surface area contributed by atoms with Gasteiger partial charge in [-0.25, -0.2) is 4.98 Å². The van der Waals surface area contributed by atoms with E-state index in [1.165, 1.54) is 21.0 Å². The molecule has 1 nitrogen and oxygen atoms in total. The molecule has 0 spiro atoms. The second-order valence-corrected chi connectivity index (χ2v) is 4.94. The van der Waals surface area contributed by atoms with Crippen LogP contribution in [0.2, 0.25) is 0 Å². The van der Waals surface area contributed by atoms with Crippen molar-refractivity contribution in [1.82, 2.24) is 4.98 Å². The monoisotopic (exact) mass is 217 g/mol. The average molecular weight is 217 g/mol. The lowest BCUT2D eigenvalue weighted by atomic mass is 10.1. The van der Waals surface area contributed by atoms with Crippen LogP contribution < -0.4 is 0 Å². The molecule has 2 heteroatoms. The summed E-state index contributed by atoms with van der Waals surface area (Å²) in [5.41, 5.74) is 2.66. The molecule has 2 rings (SSSR count). The van der Waals surface area contributed by atoms with Crippen molar-refractivity contribution in [3.8, 4) is 0 Å². The van der Waals surface area contributed by atoms with Crippen LogP contribution in [-0.2, 0) is 12.8 Å². The van der Waals surface area contributed by atoms with Crippen LogP contribution in [0.15, 0.2) is 30.5 Å². The number of nitrogens with zero attached hydrogens (tertiary/aromatic N) is 1. The number of benzene rings is 1. The maximum atomic E-state index is 4.42. The minimum Gasteiger partial charge on any atom is -0.249 e. The zero-order chi connectivity index (χ0) is 10.7. The SMILES string of the molecule is CCc1cnc(Cc2ccc(C)cc2)s1. The summed E-state index contributed by atoms with van der Waals surface area (Å²) in [6.45, 7) is 4.28. The summed E-state index contributed by atoms with van der Waals surface area (Å²) < 4.78 is 0. The van der Waals surface area contributed by atoms with E-state index < -0.39 is 0 Å². The minimum atomic E-state index is 0.963. The van der Waals surface area contributed by atoms with Crippen molar-refractivity contribution in [2.24, 2.45) is 0 Å². The number of rotatable bonds is 3. The molecule has 2 aromatic rings. The van der Waals surface area contributed by atoms with Gasteiger partial charge < -0.3 is 0 Å². The normalized spacial score (nSPS) is 10.5. The Bertz CT molecular complexity index is 428. The van der Waals surface area contributed by atoms with Gasteiger partial charge in [0.05, 0.1) is 5.01 Å². The maximum Gasteiger partial charge on any atom is 0.0971 e. The van der Waals surface area contributed by atoms with E-state index in [-0.39, 0.29) is 0 Å². The van der Waals surface area contributed by atoms with Crippen LogP contribution in [0.5, 0.6) is 0 Å². The van der Waals surface area contributed by atoms with Gasteiger partial charge in [0, 0.05) is 17.5 Å². The van der Waals surface area contributed by atoms with Gasteiger partial charge in [0.2, 0.25) is 0 Å². The Morgan fingerprint density at radius 1 is 1.20 bits per heavy atom.